The fourth-order valence-electron chi connectivity index (χ4n) is 2.59. The second-order valence-corrected chi connectivity index (χ2v) is 6.42. The highest BCUT2D eigenvalue weighted by Crippen LogP contribution is 2.28. The molecule has 0 bridgehead atoms. The van der Waals surface area contributed by atoms with Gasteiger partial charge in [0.1, 0.15) is 0 Å². The second-order valence-electron chi connectivity index (χ2n) is 6.42. The molecule has 0 radical (unpaired) electrons. The van der Waals surface area contributed by atoms with Crippen molar-refractivity contribution in [3.05, 3.63) is 0 Å². The molecular formula is C17H35IN4O. The zero-order valence-corrected chi connectivity index (χ0v) is 17.2. The summed E-state index contributed by atoms with van der Waals surface area (Å²) in [5.74, 6) is 1.80. The lowest BCUT2D eigenvalue weighted by atomic mass is 10.4. The highest BCUT2D eigenvalue weighted by atomic mass is 127. The quantitative estimate of drug-likeness (QED) is 0.213. The summed E-state index contributed by atoms with van der Waals surface area (Å²) in [6.07, 6.45) is 6.49. The van der Waals surface area contributed by atoms with Crippen molar-refractivity contribution < 1.29 is 4.74 Å². The van der Waals surface area contributed by atoms with Gasteiger partial charge in [0.15, 0.2) is 5.96 Å². The van der Waals surface area contributed by atoms with E-state index >= 15 is 0 Å². The maximum absolute atomic E-state index is 5.64. The molecule has 2 N–H and O–H groups in total. The number of ether oxygens (including phenoxy) is 1. The van der Waals surface area contributed by atoms with E-state index in [1.807, 2.05) is 0 Å². The zero-order chi connectivity index (χ0) is 15.6. The van der Waals surface area contributed by atoms with E-state index in [9.17, 15) is 0 Å². The number of hydrogen-bond acceptors (Lipinski definition) is 3. The smallest absolute Gasteiger partial charge is 0.191 e. The van der Waals surface area contributed by atoms with Gasteiger partial charge in [-0.1, -0.05) is 6.92 Å². The van der Waals surface area contributed by atoms with Crippen LogP contribution in [0.5, 0.6) is 0 Å². The van der Waals surface area contributed by atoms with E-state index in [2.05, 4.69) is 34.4 Å². The van der Waals surface area contributed by atoms with Gasteiger partial charge in [-0.2, -0.15) is 0 Å². The standard InChI is InChI=1S/C17H34N4O.HI/c1-3-18-17(19-10-5-13-22-14-15-6-7-15)20-11-12-21(4-2)16-8-9-16;/h15-16H,3-14H2,1-2H3,(H2,18,19,20);1H. The Bertz CT molecular complexity index is 333. The summed E-state index contributed by atoms with van der Waals surface area (Å²) in [5.41, 5.74) is 0. The monoisotopic (exact) mass is 438 g/mol. The van der Waals surface area contributed by atoms with E-state index < -0.39 is 0 Å². The highest BCUT2D eigenvalue weighted by molar-refractivity contribution is 14.0. The third-order valence-electron chi connectivity index (χ3n) is 4.27. The van der Waals surface area contributed by atoms with Crippen molar-refractivity contribution in [2.75, 3.05) is 45.9 Å². The summed E-state index contributed by atoms with van der Waals surface area (Å²) in [4.78, 5) is 7.18. The molecule has 0 heterocycles. The Kier molecular flexibility index (Phi) is 11.2. The molecule has 2 rings (SSSR count). The Morgan fingerprint density at radius 1 is 1.17 bits per heavy atom. The van der Waals surface area contributed by atoms with E-state index in [0.717, 1.165) is 70.3 Å². The zero-order valence-electron chi connectivity index (χ0n) is 14.9. The van der Waals surface area contributed by atoms with Gasteiger partial charge in [-0.05, 0) is 51.5 Å². The third-order valence-corrected chi connectivity index (χ3v) is 4.27. The van der Waals surface area contributed by atoms with E-state index in [4.69, 9.17) is 4.74 Å². The molecule has 6 heteroatoms. The molecule has 23 heavy (non-hydrogen) atoms. The van der Waals surface area contributed by atoms with Crippen molar-refractivity contribution in [2.45, 2.75) is 52.0 Å². The van der Waals surface area contributed by atoms with E-state index in [1.165, 1.54) is 25.7 Å². The van der Waals surface area contributed by atoms with Crippen molar-refractivity contribution in [3.8, 4) is 0 Å². The first-order valence-electron chi connectivity index (χ1n) is 9.17. The van der Waals surface area contributed by atoms with Crippen LogP contribution in [-0.4, -0.2) is 62.8 Å². The number of rotatable bonds is 12. The highest BCUT2D eigenvalue weighted by Gasteiger charge is 2.27. The molecule has 0 aromatic carbocycles. The Labute approximate surface area is 159 Å². The molecule has 2 aliphatic carbocycles. The lowest BCUT2D eigenvalue weighted by Crippen LogP contribution is -2.42. The number of nitrogens with zero attached hydrogens (tertiary/aromatic N) is 2. The summed E-state index contributed by atoms with van der Waals surface area (Å²) >= 11 is 0. The van der Waals surface area contributed by atoms with Crippen LogP contribution in [0.1, 0.15) is 46.0 Å². The molecular weight excluding hydrogens is 403 g/mol. The number of nitrogens with one attached hydrogen (secondary N) is 2. The minimum absolute atomic E-state index is 0. The van der Waals surface area contributed by atoms with Gasteiger partial charge in [0.05, 0.1) is 0 Å². The molecule has 0 aliphatic heterocycles. The fourth-order valence-corrected chi connectivity index (χ4v) is 2.59. The molecule has 2 fully saturated rings. The molecule has 0 aromatic heterocycles. The molecule has 2 aliphatic rings. The minimum atomic E-state index is 0. The van der Waals surface area contributed by atoms with Gasteiger partial charge >= 0.3 is 0 Å². The molecule has 136 valence electrons. The van der Waals surface area contributed by atoms with Crippen LogP contribution in [0.2, 0.25) is 0 Å². The normalized spacial score (nSPS) is 18.0. The lowest BCUT2D eigenvalue weighted by Gasteiger charge is -2.20. The fraction of sp³-hybridized carbons (Fsp3) is 0.941. The molecule has 0 atom stereocenters. The van der Waals surface area contributed by atoms with Gasteiger partial charge in [0, 0.05) is 45.4 Å². The van der Waals surface area contributed by atoms with Crippen molar-refractivity contribution >= 4 is 29.9 Å². The average molecular weight is 438 g/mol. The maximum atomic E-state index is 5.64. The van der Waals surface area contributed by atoms with Crippen molar-refractivity contribution in [3.63, 3.8) is 0 Å². The Morgan fingerprint density at radius 2 is 1.96 bits per heavy atom. The predicted octanol–water partition coefficient (Wildman–Crippen LogP) is 2.46. The van der Waals surface area contributed by atoms with E-state index in [1.54, 1.807) is 0 Å². The molecule has 0 spiro atoms. The van der Waals surface area contributed by atoms with Gasteiger partial charge in [-0.25, -0.2) is 0 Å². The van der Waals surface area contributed by atoms with Crippen molar-refractivity contribution in [1.82, 2.24) is 15.5 Å². The number of halogens is 1. The summed E-state index contributed by atoms with van der Waals surface area (Å²) < 4.78 is 5.64. The molecule has 2 saturated carbocycles. The van der Waals surface area contributed by atoms with E-state index in [0.29, 0.717) is 0 Å². The van der Waals surface area contributed by atoms with Crippen LogP contribution in [0.15, 0.2) is 4.99 Å². The Hall–Kier alpha value is -0.0800. The van der Waals surface area contributed by atoms with Gasteiger partial charge in [0.2, 0.25) is 0 Å². The third kappa shape index (κ3) is 9.72. The maximum Gasteiger partial charge on any atom is 0.191 e. The number of likely N-dealkylation sites (N-methyl/N-ethyl adjacent to an activating group) is 1. The summed E-state index contributed by atoms with van der Waals surface area (Å²) in [6.45, 7) is 11.1. The van der Waals surface area contributed by atoms with Gasteiger partial charge < -0.3 is 15.4 Å². The van der Waals surface area contributed by atoms with Crippen LogP contribution in [0.3, 0.4) is 0 Å². The molecule has 0 saturated heterocycles. The summed E-state index contributed by atoms with van der Waals surface area (Å²) in [7, 11) is 0. The number of aliphatic imine (C=N–C) groups is 1. The molecule has 0 unspecified atom stereocenters. The van der Waals surface area contributed by atoms with Gasteiger partial charge in [-0.15, -0.1) is 24.0 Å². The summed E-state index contributed by atoms with van der Waals surface area (Å²) in [5, 5.41) is 6.76. The second kappa shape index (κ2) is 12.3. The molecule has 0 amide bonds. The average Bonchev–Trinajstić information content (AvgIpc) is 3.39. The van der Waals surface area contributed by atoms with Gasteiger partial charge in [-0.3, -0.25) is 9.89 Å². The SMILES string of the molecule is CCNC(=NCCCOCC1CC1)NCCN(CC)C1CC1.I. The number of guanidine groups is 1. The van der Waals surface area contributed by atoms with Crippen molar-refractivity contribution in [1.29, 1.82) is 0 Å². The van der Waals surface area contributed by atoms with Gasteiger partial charge in [0.25, 0.3) is 0 Å². The molecule has 0 aromatic rings. The van der Waals surface area contributed by atoms with Crippen LogP contribution >= 0.6 is 24.0 Å². The first-order valence-corrected chi connectivity index (χ1v) is 9.17. The minimum Gasteiger partial charge on any atom is -0.381 e. The van der Waals surface area contributed by atoms with Crippen LogP contribution in [0.4, 0.5) is 0 Å². The van der Waals surface area contributed by atoms with Crippen LogP contribution in [0.25, 0.3) is 0 Å². The predicted molar refractivity (Wildman–Crippen MR) is 108 cm³/mol. The summed E-state index contributed by atoms with van der Waals surface area (Å²) in [6, 6.07) is 0.843. The Balaban J connectivity index is 0.00000264. The lowest BCUT2D eigenvalue weighted by molar-refractivity contribution is 0.123. The topological polar surface area (TPSA) is 48.9 Å². The molecule has 5 nitrogen and oxygen atoms in total. The van der Waals surface area contributed by atoms with Crippen molar-refractivity contribution in [2.24, 2.45) is 10.9 Å². The first-order chi connectivity index (χ1) is 10.8. The first kappa shape index (κ1) is 21.0. The van der Waals surface area contributed by atoms with Crippen LogP contribution in [-0.2, 0) is 4.74 Å². The van der Waals surface area contributed by atoms with Crippen LogP contribution in [0, 0.1) is 5.92 Å². The van der Waals surface area contributed by atoms with E-state index in [-0.39, 0.29) is 24.0 Å². The number of hydrogen-bond donors (Lipinski definition) is 2. The van der Waals surface area contributed by atoms with Crippen LogP contribution < -0.4 is 10.6 Å². The largest absolute Gasteiger partial charge is 0.381 e. The Morgan fingerprint density at radius 3 is 2.57 bits per heavy atom.